The Labute approximate surface area is 184 Å². The molecule has 0 aliphatic rings. The first-order chi connectivity index (χ1) is 14.4. The van der Waals surface area contributed by atoms with Gasteiger partial charge in [0.05, 0.1) is 6.61 Å². The van der Waals surface area contributed by atoms with Crippen molar-refractivity contribution in [3.8, 4) is 17.5 Å². The van der Waals surface area contributed by atoms with Crippen molar-refractivity contribution in [3.05, 3.63) is 81.6 Å². The van der Waals surface area contributed by atoms with Crippen LogP contribution in [0.3, 0.4) is 0 Å². The maximum Gasteiger partial charge on any atom is 0.266 e. The van der Waals surface area contributed by atoms with Crippen LogP contribution in [-0.4, -0.2) is 17.1 Å². The highest BCUT2D eigenvalue weighted by Crippen LogP contribution is 2.24. The Morgan fingerprint density at radius 1 is 1.20 bits per heavy atom. The Bertz CT molecular complexity index is 1140. The topological polar surface area (TPSA) is 67.0 Å². The normalized spacial score (nSPS) is 11.1. The summed E-state index contributed by atoms with van der Waals surface area (Å²) in [6.07, 6.45) is 1.62. The summed E-state index contributed by atoms with van der Waals surface area (Å²) < 4.78 is 8.55. The summed E-state index contributed by atoms with van der Waals surface area (Å²) in [7, 11) is 0. The smallest absolute Gasteiger partial charge is 0.266 e. The van der Waals surface area contributed by atoms with Crippen molar-refractivity contribution in [2.45, 2.75) is 20.8 Å². The monoisotopic (exact) mass is 463 g/mol. The number of hydrogen-bond donors (Lipinski definition) is 1. The Morgan fingerprint density at radius 2 is 1.93 bits per heavy atom. The van der Waals surface area contributed by atoms with E-state index < -0.39 is 5.91 Å². The zero-order chi connectivity index (χ0) is 21.7. The van der Waals surface area contributed by atoms with Crippen LogP contribution in [0.5, 0.6) is 5.75 Å². The second-order valence-electron chi connectivity index (χ2n) is 6.72. The minimum atomic E-state index is -0.459. The number of carbonyl (C=O) groups is 1. The first-order valence-electron chi connectivity index (χ1n) is 9.53. The lowest BCUT2D eigenvalue weighted by Crippen LogP contribution is -2.13. The van der Waals surface area contributed by atoms with E-state index in [0.29, 0.717) is 18.0 Å². The molecule has 1 N–H and O–H groups in total. The van der Waals surface area contributed by atoms with Gasteiger partial charge in [-0.2, -0.15) is 5.26 Å². The number of aryl methyl sites for hydroxylation is 1. The molecule has 0 bridgehead atoms. The number of ether oxygens (including phenoxy) is 1. The standard InChI is InChI=1S/C24H22BrN3O2/c1-4-30-23-7-5-6-21(14-23)27-24(29)19(15-26)13-18-12-16(2)28(17(18)3)22-10-8-20(25)9-11-22/h5-14H,4H2,1-3H3,(H,27,29). The Morgan fingerprint density at radius 3 is 2.60 bits per heavy atom. The van der Waals surface area contributed by atoms with Gasteiger partial charge in [-0.15, -0.1) is 0 Å². The van der Waals surface area contributed by atoms with Gasteiger partial charge in [-0.25, -0.2) is 0 Å². The highest BCUT2D eigenvalue weighted by atomic mass is 79.9. The molecule has 1 heterocycles. The number of aromatic nitrogens is 1. The number of anilines is 1. The molecule has 152 valence electrons. The van der Waals surface area contributed by atoms with Crippen LogP contribution in [0.1, 0.15) is 23.9 Å². The summed E-state index contributed by atoms with van der Waals surface area (Å²) >= 11 is 3.45. The van der Waals surface area contributed by atoms with Gasteiger partial charge in [0.2, 0.25) is 0 Å². The number of nitrogens with one attached hydrogen (secondary N) is 1. The molecule has 1 amide bonds. The Hall–Kier alpha value is -3.30. The molecule has 0 fully saturated rings. The van der Waals surface area contributed by atoms with E-state index in [1.807, 2.05) is 63.2 Å². The lowest BCUT2D eigenvalue weighted by atomic mass is 10.1. The van der Waals surface area contributed by atoms with Crippen LogP contribution in [0, 0.1) is 25.2 Å². The molecule has 2 aromatic carbocycles. The molecule has 5 nitrogen and oxygen atoms in total. The van der Waals surface area contributed by atoms with E-state index in [1.54, 1.807) is 24.3 Å². The van der Waals surface area contributed by atoms with Crippen molar-refractivity contribution in [1.82, 2.24) is 4.57 Å². The molecular formula is C24H22BrN3O2. The number of carbonyl (C=O) groups excluding carboxylic acids is 1. The molecule has 0 saturated heterocycles. The van der Waals surface area contributed by atoms with Crippen molar-refractivity contribution in [1.29, 1.82) is 5.26 Å². The maximum atomic E-state index is 12.7. The van der Waals surface area contributed by atoms with Crippen LogP contribution >= 0.6 is 15.9 Å². The average molecular weight is 464 g/mol. The molecule has 0 spiro atoms. The van der Waals surface area contributed by atoms with Gasteiger partial charge in [0.15, 0.2) is 0 Å². The summed E-state index contributed by atoms with van der Waals surface area (Å²) in [4.78, 5) is 12.7. The molecule has 6 heteroatoms. The van der Waals surface area contributed by atoms with Crippen LogP contribution in [0.2, 0.25) is 0 Å². The van der Waals surface area contributed by atoms with Crippen molar-refractivity contribution in [3.63, 3.8) is 0 Å². The summed E-state index contributed by atoms with van der Waals surface area (Å²) in [5.74, 6) is 0.204. The lowest BCUT2D eigenvalue weighted by Gasteiger charge is -2.10. The quantitative estimate of drug-likeness (QED) is 0.370. The van der Waals surface area contributed by atoms with Crippen molar-refractivity contribution >= 4 is 33.6 Å². The third kappa shape index (κ3) is 4.81. The van der Waals surface area contributed by atoms with Gasteiger partial charge in [-0.05, 0) is 74.9 Å². The zero-order valence-electron chi connectivity index (χ0n) is 17.1. The average Bonchev–Trinajstić information content (AvgIpc) is 3.00. The maximum absolute atomic E-state index is 12.7. The van der Waals surface area contributed by atoms with E-state index in [1.165, 1.54) is 0 Å². The first kappa shape index (κ1) is 21.4. The van der Waals surface area contributed by atoms with Crippen LogP contribution in [0.4, 0.5) is 5.69 Å². The van der Waals surface area contributed by atoms with Crippen LogP contribution in [-0.2, 0) is 4.79 Å². The minimum absolute atomic E-state index is 0.0351. The molecule has 0 aliphatic heterocycles. The molecule has 0 aliphatic carbocycles. The summed E-state index contributed by atoms with van der Waals surface area (Å²) in [5.41, 5.74) is 4.42. The summed E-state index contributed by atoms with van der Waals surface area (Å²) in [6, 6.07) is 19.1. The number of amides is 1. The fraction of sp³-hybridized carbons (Fsp3) is 0.167. The lowest BCUT2D eigenvalue weighted by molar-refractivity contribution is -0.112. The van der Waals surface area contributed by atoms with Crippen LogP contribution < -0.4 is 10.1 Å². The molecule has 0 saturated carbocycles. The predicted octanol–water partition coefficient (Wildman–Crippen LogP) is 5.80. The van der Waals surface area contributed by atoms with Crippen molar-refractivity contribution in [2.75, 3.05) is 11.9 Å². The van der Waals surface area contributed by atoms with Crippen molar-refractivity contribution in [2.24, 2.45) is 0 Å². The third-order valence-corrected chi connectivity index (χ3v) is 5.15. The van der Waals surface area contributed by atoms with Crippen LogP contribution in [0.15, 0.2) is 64.6 Å². The summed E-state index contributed by atoms with van der Waals surface area (Å²) in [5, 5.41) is 12.3. The molecule has 0 radical (unpaired) electrons. The van der Waals surface area contributed by atoms with Crippen molar-refractivity contribution < 1.29 is 9.53 Å². The van der Waals surface area contributed by atoms with Gasteiger partial charge in [-0.1, -0.05) is 22.0 Å². The number of halogens is 1. The molecule has 1 aromatic heterocycles. The van der Waals surface area contributed by atoms with Gasteiger partial charge >= 0.3 is 0 Å². The molecule has 0 unspecified atom stereocenters. The fourth-order valence-electron chi connectivity index (χ4n) is 3.25. The molecule has 0 atom stereocenters. The largest absolute Gasteiger partial charge is 0.494 e. The van der Waals surface area contributed by atoms with Gasteiger partial charge in [0.1, 0.15) is 17.4 Å². The molecule has 3 rings (SSSR count). The van der Waals surface area contributed by atoms with E-state index in [9.17, 15) is 10.1 Å². The van der Waals surface area contributed by atoms with E-state index in [4.69, 9.17) is 4.74 Å². The first-order valence-corrected chi connectivity index (χ1v) is 10.3. The highest BCUT2D eigenvalue weighted by Gasteiger charge is 2.14. The third-order valence-electron chi connectivity index (χ3n) is 4.62. The van der Waals surface area contributed by atoms with Gasteiger partial charge in [0, 0.05) is 33.3 Å². The molecule has 3 aromatic rings. The minimum Gasteiger partial charge on any atom is -0.494 e. The number of nitrogens with zero attached hydrogens (tertiary/aromatic N) is 2. The number of hydrogen-bond acceptors (Lipinski definition) is 3. The van der Waals surface area contributed by atoms with E-state index in [0.717, 1.165) is 27.1 Å². The zero-order valence-corrected chi connectivity index (χ0v) is 18.7. The Kier molecular flexibility index (Phi) is 6.76. The molecule has 30 heavy (non-hydrogen) atoms. The summed E-state index contributed by atoms with van der Waals surface area (Å²) in [6.45, 7) is 6.40. The van der Waals surface area contributed by atoms with Crippen LogP contribution in [0.25, 0.3) is 11.8 Å². The predicted molar refractivity (Wildman–Crippen MR) is 123 cm³/mol. The fourth-order valence-corrected chi connectivity index (χ4v) is 3.52. The number of rotatable bonds is 6. The SMILES string of the molecule is CCOc1cccc(NC(=O)C(C#N)=Cc2cc(C)n(-c3ccc(Br)cc3)c2C)c1. The van der Waals surface area contributed by atoms with Gasteiger partial charge in [-0.3, -0.25) is 4.79 Å². The number of benzene rings is 2. The second kappa shape index (κ2) is 9.47. The van der Waals surface area contributed by atoms with Gasteiger partial charge < -0.3 is 14.6 Å². The second-order valence-corrected chi connectivity index (χ2v) is 7.64. The molecular weight excluding hydrogens is 442 g/mol. The van der Waals surface area contributed by atoms with Gasteiger partial charge in [0.25, 0.3) is 5.91 Å². The Balaban J connectivity index is 1.88. The van der Waals surface area contributed by atoms with E-state index in [-0.39, 0.29) is 5.57 Å². The van der Waals surface area contributed by atoms with E-state index in [2.05, 4.69) is 25.8 Å². The van der Waals surface area contributed by atoms with E-state index >= 15 is 0 Å². The highest BCUT2D eigenvalue weighted by molar-refractivity contribution is 9.10. The number of nitriles is 1.